The minimum Gasteiger partial charge on any atom is -0.346 e. The minimum absolute atomic E-state index is 0.481. The monoisotopic (exact) mass is 254 g/mol. The van der Waals surface area contributed by atoms with Crippen molar-refractivity contribution >= 4 is 22.9 Å². The number of hydrogen-bond acceptors (Lipinski definition) is 3. The summed E-state index contributed by atoms with van der Waals surface area (Å²) in [6, 6.07) is 2.62. The average molecular weight is 254 g/mol. The molecule has 0 saturated carbocycles. The van der Waals surface area contributed by atoms with E-state index >= 15 is 0 Å². The normalized spacial score (nSPS) is 23.7. The first-order chi connectivity index (χ1) is 9.43. The molecule has 0 amide bonds. The summed E-state index contributed by atoms with van der Waals surface area (Å²) in [5.41, 5.74) is 3.41. The van der Waals surface area contributed by atoms with E-state index in [0.29, 0.717) is 6.04 Å². The van der Waals surface area contributed by atoms with Crippen LogP contribution in [0, 0.1) is 0 Å². The van der Waals surface area contributed by atoms with Gasteiger partial charge in [0.05, 0.1) is 11.9 Å². The van der Waals surface area contributed by atoms with Crippen LogP contribution < -0.4 is 0 Å². The van der Waals surface area contributed by atoms with Crippen LogP contribution in [0.25, 0.3) is 11.0 Å². The Morgan fingerprint density at radius 1 is 1.21 bits per heavy atom. The Morgan fingerprint density at radius 2 is 2.11 bits per heavy atom. The predicted molar refractivity (Wildman–Crippen MR) is 77.0 cm³/mol. The van der Waals surface area contributed by atoms with E-state index in [4.69, 9.17) is 0 Å². The molecule has 19 heavy (non-hydrogen) atoms. The predicted octanol–water partition coefficient (Wildman–Crippen LogP) is 3.20. The number of rotatable bonds is 1. The van der Waals surface area contributed by atoms with Crippen LogP contribution in [0.4, 0.5) is 5.69 Å². The van der Waals surface area contributed by atoms with Crippen LogP contribution in [0.5, 0.6) is 0 Å². The average Bonchev–Trinajstić information content (AvgIpc) is 2.96. The summed E-state index contributed by atoms with van der Waals surface area (Å²) in [6.07, 6.45) is 11.0. The molecule has 1 atom stereocenters. The van der Waals surface area contributed by atoms with Gasteiger partial charge in [-0.15, -0.1) is 0 Å². The summed E-state index contributed by atoms with van der Waals surface area (Å²) in [4.78, 5) is 14.8. The van der Waals surface area contributed by atoms with Gasteiger partial charge in [-0.1, -0.05) is 6.42 Å². The lowest BCUT2D eigenvalue weighted by Crippen LogP contribution is -2.34. The van der Waals surface area contributed by atoms with Crippen LogP contribution in [0.15, 0.2) is 23.5 Å². The fraction of sp³-hybridized carbons (Fsp3) is 0.467. The van der Waals surface area contributed by atoms with Gasteiger partial charge < -0.3 is 4.98 Å². The maximum atomic E-state index is 4.54. The van der Waals surface area contributed by atoms with Crippen molar-refractivity contribution in [3.05, 3.63) is 24.0 Å². The van der Waals surface area contributed by atoms with Gasteiger partial charge >= 0.3 is 0 Å². The van der Waals surface area contributed by atoms with Crippen molar-refractivity contribution in [1.29, 1.82) is 0 Å². The molecule has 4 heteroatoms. The molecule has 0 aliphatic carbocycles. The standard InChI is InChI=1S/C15H18N4/c1-2-8-19(9-3-1)13-5-7-16-12-10-18-15-11(14(12)13)4-6-17-15/h4,6-7,10,13H,1-3,5,8-9H2,(H,17,18). The zero-order chi connectivity index (χ0) is 12.7. The van der Waals surface area contributed by atoms with E-state index in [9.17, 15) is 0 Å². The number of aromatic amines is 1. The van der Waals surface area contributed by atoms with Crippen LogP contribution in [-0.4, -0.2) is 34.2 Å². The topological polar surface area (TPSA) is 44.3 Å². The third-order valence-corrected chi connectivity index (χ3v) is 4.33. The smallest absolute Gasteiger partial charge is 0.137 e. The number of likely N-dealkylation sites (tertiary alicyclic amines) is 1. The third-order valence-electron chi connectivity index (χ3n) is 4.33. The molecule has 1 N–H and O–H groups in total. The second kappa shape index (κ2) is 4.46. The van der Waals surface area contributed by atoms with Crippen molar-refractivity contribution in [1.82, 2.24) is 14.9 Å². The SMILES string of the molecule is C1=Nc2cnc3[nH]ccc3c2C(N2CCCCC2)C1. The Bertz CT molecular complexity index is 622. The van der Waals surface area contributed by atoms with Gasteiger partial charge in [0.15, 0.2) is 0 Å². The number of aromatic nitrogens is 2. The Kier molecular flexibility index (Phi) is 2.62. The molecule has 2 aromatic heterocycles. The number of hydrogen-bond donors (Lipinski definition) is 1. The highest BCUT2D eigenvalue weighted by molar-refractivity contribution is 5.87. The second-order valence-corrected chi connectivity index (χ2v) is 5.46. The van der Waals surface area contributed by atoms with Crippen molar-refractivity contribution in [3.8, 4) is 0 Å². The zero-order valence-electron chi connectivity index (χ0n) is 11.0. The van der Waals surface area contributed by atoms with E-state index < -0.39 is 0 Å². The first-order valence-electron chi connectivity index (χ1n) is 7.16. The van der Waals surface area contributed by atoms with E-state index in [1.54, 1.807) is 0 Å². The van der Waals surface area contributed by atoms with Gasteiger partial charge in [-0.2, -0.15) is 0 Å². The number of fused-ring (bicyclic) bond motifs is 3. The van der Waals surface area contributed by atoms with Crippen molar-refractivity contribution < 1.29 is 0 Å². The highest BCUT2D eigenvalue weighted by atomic mass is 15.2. The van der Waals surface area contributed by atoms with Gasteiger partial charge in [0, 0.05) is 35.8 Å². The van der Waals surface area contributed by atoms with Crippen LogP contribution in [0.1, 0.15) is 37.3 Å². The highest BCUT2D eigenvalue weighted by Crippen LogP contribution is 2.39. The molecule has 1 unspecified atom stereocenters. The van der Waals surface area contributed by atoms with E-state index in [-0.39, 0.29) is 0 Å². The number of aliphatic imine (C=N–C) groups is 1. The van der Waals surface area contributed by atoms with Crippen LogP contribution >= 0.6 is 0 Å². The molecule has 1 saturated heterocycles. The van der Waals surface area contributed by atoms with Crippen molar-refractivity contribution in [2.75, 3.05) is 13.1 Å². The third kappa shape index (κ3) is 1.78. The van der Waals surface area contributed by atoms with E-state index in [1.807, 2.05) is 12.4 Å². The molecule has 2 aliphatic heterocycles. The molecule has 0 radical (unpaired) electrons. The molecule has 0 aromatic carbocycles. The lowest BCUT2D eigenvalue weighted by Gasteiger charge is -2.36. The molecule has 2 aliphatic rings. The highest BCUT2D eigenvalue weighted by Gasteiger charge is 2.27. The Balaban J connectivity index is 1.83. The molecule has 0 spiro atoms. The first-order valence-corrected chi connectivity index (χ1v) is 7.16. The van der Waals surface area contributed by atoms with Crippen molar-refractivity contribution in [2.24, 2.45) is 4.99 Å². The van der Waals surface area contributed by atoms with Crippen molar-refractivity contribution in [3.63, 3.8) is 0 Å². The summed E-state index contributed by atoms with van der Waals surface area (Å²) < 4.78 is 0. The van der Waals surface area contributed by atoms with Gasteiger partial charge in [-0.25, -0.2) is 4.98 Å². The van der Waals surface area contributed by atoms with Crippen LogP contribution in [-0.2, 0) is 0 Å². The van der Waals surface area contributed by atoms with Gasteiger partial charge in [0.2, 0.25) is 0 Å². The maximum Gasteiger partial charge on any atom is 0.137 e. The van der Waals surface area contributed by atoms with E-state index in [1.165, 1.54) is 43.3 Å². The largest absolute Gasteiger partial charge is 0.346 e. The molecule has 4 heterocycles. The van der Waals surface area contributed by atoms with Crippen LogP contribution in [0.2, 0.25) is 0 Å². The Hall–Kier alpha value is -1.68. The summed E-state index contributed by atoms with van der Waals surface area (Å²) in [5, 5.41) is 1.24. The summed E-state index contributed by atoms with van der Waals surface area (Å²) in [6.45, 7) is 2.43. The van der Waals surface area contributed by atoms with Gasteiger partial charge in [-0.3, -0.25) is 9.89 Å². The van der Waals surface area contributed by atoms with E-state index in [2.05, 4.69) is 32.1 Å². The molecular formula is C15H18N4. The van der Waals surface area contributed by atoms with Gasteiger partial charge in [0.1, 0.15) is 5.65 Å². The summed E-state index contributed by atoms with van der Waals surface area (Å²) in [5.74, 6) is 0. The zero-order valence-corrected chi connectivity index (χ0v) is 11.0. The fourth-order valence-corrected chi connectivity index (χ4v) is 3.40. The Labute approximate surface area is 112 Å². The Morgan fingerprint density at radius 3 is 3.00 bits per heavy atom. The lowest BCUT2D eigenvalue weighted by atomic mass is 9.95. The number of pyridine rings is 1. The summed E-state index contributed by atoms with van der Waals surface area (Å²) >= 11 is 0. The fourth-order valence-electron chi connectivity index (χ4n) is 3.40. The van der Waals surface area contributed by atoms with Crippen molar-refractivity contribution in [2.45, 2.75) is 31.7 Å². The maximum absolute atomic E-state index is 4.54. The number of nitrogens with one attached hydrogen (secondary N) is 1. The molecule has 0 bridgehead atoms. The number of piperidine rings is 1. The molecule has 1 fully saturated rings. The molecular weight excluding hydrogens is 236 g/mol. The molecule has 4 nitrogen and oxygen atoms in total. The molecule has 98 valence electrons. The quantitative estimate of drug-likeness (QED) is 0.849. The minimum atomic E-state index is 0.481. The van der Waals surface area contributed by atoms with E-state index in [0.717, 1.165) is 17.8 Å². The molecule has 4 rings (SSSR count). The number of nitrogens with zero attached hydrogens (tertiary/aromatic N) is 3. The van der Waals surface area contributed by atoms with Gasteiger partial charge in [-0.05, 0) is 32.0 Å². The lowest BCUT2D eigenvalue weighted by molar-refractivity contribution is 0.168. The van der Waals surface area contributed by atoms with Gasteiger partial charge in [0.25, 0.3) is 0 Å². The number of H-pyrrole nitrogens is 1. The summed E-state index contributed by atoms with van der Waals surface area (Å²) in [7, 11) is 0. The molecule has 2 aromatic rings. The second-order valence-electron chi connectivity index (χ2n) is 5.46. The first kappa shape index (κ1) is 11.2. The van der Waals surface area contributed by atoms with Crippen LogP contribution in [0.3, 0.4) is 0 Å².